The second-order valence-electron chi connectivity index (χ2n) is 11.7. The van der Waals surface area contributed by atoms with Crippen molar-refractivity contribution in [1.82, 2.24) is 15.5 Å². The van der Waals surface area contributed by atoms with Gasteiger partial charge in [0.25, 0.3) is 5.91 Å². The molecule has 6 atom stereocenters. The molecule has 13 heteroatoms. The molecule has 45 heavy (non-hydrogen) atoms. The number of ketones is 2. The van der Waals surface area contributed by atoms with Crippen LogP contribution in [0, 0.1) is 11.8 Å². The third-order valence-corrected chi connectivity index (χ3v) is 7.65. The van der Waals surface area contributed by atoms with Gasteiger partial charge in [0.2, 0.25) is 11.6 Å². The molecule has 5 N–H and O–H groups in total. The molecule has 0 aromatic carbocycles. The normalized spacial score (nSPS) is 30.3. The molecule has 0 radical (unpaired) electrons. The molecule has 2 amide bonds. The number of aliphatic hydroxyl groups is 1. The van der Waals surface area contributed by atoms with Crippen molar-refractivity contribution in [2.24, 2.45) is 17.6 Å². The monoisotopic (exact) mass is 652 g/mol. The van der Waals surface area contributed by atoms with E-state index in [0.717, 1.165) is 6.08 Å². The lowest BCUT2D eigenvalue weighted by atomic mass is 9.85. The van der Waals surface area contributed by atoms with Crippen LogP contribution < -0.4 is 16.4 Å². The minimum absolute atomic E-state index is 0. The summed E-state index contributed by atoms with van der Waals surface area (Å²) in [6.45, 7) is 8.09. The number of Topliss-reactive ketones (excluding diaryl/α,β-unsaturated/α-hetero) is 1. The maximum atomic E-state index is 13.7. The number of ether oxygens (including phenoxy) is 3. The number of nitrogens with one attached hydrogen (secondary N) is 2. The minimum atomic E-state index is -0.997. The average molecular weight is 653 g/mol. The number of carbonyl (C=O) groups is 4. The van der Waals surface area contributed by atoms with Crippen LogP contribution in [0.2, 0.25) is 0 Å². The van der Waals surface area contributed by atoms with Gasteiger partial charge < -0.3 is 40.6 Å². The van der Waals surface area contributed by atoms with Crippen LogP contribution in [0.3, 0.4) is 0 Å². The summed E-state index contributed by atoms with van der Waals surface area (Å²) < 4.78 is 16.6. The first kappa shape index (κ1) is 39.7. The maximum absolute atomic E-state index is 13.7. The molecule has 0 spiro atoms. The average Bonchev–Trinajstić information content (AvgIpc) is 2.95. The number of nitrogens with two attached hydrogens (primary N) is 1. The summed E-state index contributed by atoms with van der Waals surface area (Å²) in [4.78, 5) is 53.7. The molecule has 12 nitrogen and oxygen atoms in total. The highest BCUT2D eigenvalue weighted by atomic mass is 35.5. The van der Waals surface area contributed by atoms with Crippen molar-refractivity contribution in [2.45, 2.75) is 65.0 Å². The predicted molar refractivity (Wildman–Crippen MR) is 173 cm³/mol. The second kappa shape index (κ2) is 18.6. The molecule has 1 unspecified atom stereocenters. The number of aliphatic hydroxyl groups excluding tert-OH is 1. The number of amides is 2. The zero-order valence-corrected chi connectivity index (χ0v) is 28.2. The van der Waals surface area contributed by atoms with E-state index < -0.39 is 53.9 Å². The number of nitrogens with zero attached hydrogens (tertiary/aromatic N) is 1. The Morgan fingerprint density at radius 1 is 1.16 bits per heavy atom. The first-order valence-corrected chi connectivity index (χ1v) is 14.7. The number of methoxy groups -OCH3 is 2. The highest BCUT2D eigenvalue weighted by Gasteiger charge is 2.33. The van der Waals surface area contributed by atoms with Gasteiger partial charge in [0.15, 0.2) is 6.10 Å². The Balaban J connectivity index is 0.0000101. The molecule has 2 bridgehead atoms. The van der Waals surface area contributed by atoms with Gasteiger partial charge in [0, 0.05) is 50.4 Å². The SMILES string of the molecule is COC1/C=C/C=C(\C)C(=O)NC2=CC(=O)C(NCCN(C)C)=C(C[C@@H](C)C[C@H](OC)[C@H](O)[C@@H](C)/C=C(\C)[C@@H]1OC(N)=O)C2=O.Cl. The van der Waals surface area contributed by atoms with Crippen LogP contribution in [0.5, 0.6) is 0 Å². The number of carbonyl (C=O) groups excluding carboxylic acids is 4. The Kier molecular flexibility index (Phi) is 16.4. The minimum Gasteiger partial charge on any atom is -0.439 e. The zero-order valence-electron chi connectivity index (χ0n) is 27.4. The fourth-order valence-corrected chi connectivity index (χ4v) is 5.18. The molecule has 0 aromatic rings. The van der Waals surface area contributed by atoms with Crippen LogP contribution >= 0.6 is 12.4 Å². The number of hydrogen-bond donors (Lipinski definition) is 4. The van der Waals surface area contributed by atoms with E-state index in [9.17, 15) is 24.3 Å². The fourth-order valence-electron chi connectivity index (χ4n) is 5.18. The molecule has 0 aromatic heterocycles. The summed E-state index contributed by atoms with van der Waals surface area (Å²) >= 11 is 0. The van der Waals surface area contributed by atoms with E-state index in [1.807, 2.05) is 32.8 Å². The van der Waals surface area contributed by atoms with Crippen LogP contribution in [0.1, 0.15) is 40.5 Å². The Labute approximate surface area is 272 Å². The van der Waals surface area contributed by atoms with Crippen molar-refractivity contribution in [3.8, 4) is 0 Å². The van der Waals surface area contributed by atoms with Gasteiger partial charge in [-0.2, -0.15) is 0 Å². The number of primary amides is 1. The Morgan fingerprint density at radius 2 is 1.82 bits per heavy atom. The maximum Gasteiger partial charge on any atom is 0.405 e. The van der Waals surface area contributed by atoms with Crippen molar-refractivity contribution >= 4 is 36.0 Å². The third kappa shape index (κ3) is 11.5. The Bertz CT molecular complexity index is 1240. The largest absolute Gasteiger partial charge is 0.439 e. The van der Waals surface area contributed by atoms with Gasteiger partial charge >= 0.3 is 6.09 Å². The molecule has 2 aliphatic rings. The molecule has 1 aliphatic heterocycles. The Hall–Kier alpha value is -3.29. The van der Waals surface area contributed by atoms with E-state index in [1.54, 1.807) is 32.1 Å². The lowest BCUT2D eigenvalue weighted by Crippen LogP contribution is -2.38. The fraction of sp³-hybridized carbons (Fsp3) is 0.562. The lowest BCUT2D eigenvalue weighted by molar-refractivity contribution is -0.120. The predicted octanol–water partition coefficient (Wildman–Crippen LogP) is 2.34. The zero-order chi connectivity index (χ0) is 33.1. The number of allylic oxidation sites excluding steroid dienone is 4. The van der Waals surface area contributed by atoms with E-state index in [-0.39, 0.29) is 47.3 Å². The van der Waals surface area contributed by atoms with Gasteiger partial charge in [-0.3, -0.25) is 14.4 Å². The van der Waals surface area contributed by atoms with E-state index in [1.165, 1.54) is 20.3 Å². The summed E-state index contributed by atoms with van der Waals surface area (Å²) in [6.07, 6.45) is 3.88. The number of hydrogen-bond acceptors (Lipinski definition) is 10. The molecule has 0 saturated heterocycles. The molecule has 1 heterocycles. The summed E-state index contributed by atoms with van der Waals surface area (Å²) in [5, 5.41) is 17.0. The van der Waals surface area contributed by atoms with Crippen molar-refractivity contribution in [3.05, 3.63) is 58.5 Å². The smallest absolute Gasteiger partial charge is 0.405 e. The first-order chi connectivity index (χ1) is 20.7. The van der Waals surface area contributed by atoms with Crippen molar-refractivity contribution in [2.75, 3.05) is 41.4 Å². The standard InChI is InChI=1S/C32H48N4O8.ClH/c1-18-14-22-27(34-12-13-36(5)6)24(37)17-23(29(22)39)35-31(40)19(2)10-9-11-25(42-7)30(44-32(33)41)21(4)16-20(3)28(38)26(15-18)43-8;/h9-11,16-18,20,25-26,28,30,34,38H,12-15H2,1-8H3,(H2,33,41)(H,35,40);1H/b11-9+,19-10+,21-16+;/t18-,20+,25?,26+,28-,30+;/m1./s1. The highest BCUT2D eigenvalue weighted by Crippen LogP contribution is 2.28. The van der Waals surface area contributed by atoms with E-state index >= 15 is 0 Å². The quantitative estimate of drug-likeness (QED) is 0.237. The number of likely N-dealkylation sites (N-methyl/N-ethyl adjacent to an activating group) is 1. The molecule has 252 valence electrons. The van der Waals surface area contributed by atoms with Crippen LogP contribution in [-0.4, -0.2) is 99.4 Å². The molecular formula is C32H49ClN4O8. The van der Waals surface area contributed by atoms with Gasteiger partial charge in [-0.15, -0.1) is 12.4 Å². The first-order valence-electron chi connectivity index (χ1n) is 14.7. The summed E-state index contributed by atoms with van der Waals surface area (Å²) in [6, 6.07) is 0. The summed E-state index contributed by atoms with van der Waals surface area (Å²) in [7, 11) is 6.74. The van der Waals surface area contributed by atoms with Crippen molar-refractivity contribution in [3.63, 3.8) is 0 Å². The van der Waals surface area contributed by atoms with Crippen LogP contribution in [-0.2, 0) is 28.6 Å². The Morgan fingerprint density at radius 3 is 2.40 bits per heavy atom. The van der Waals surface area contributed by atoms with Gasteiger partial charge in [0.1, 0.15) is 6.10 Å². The van der Waals surface area contributed by atoms with Crippen molar-refractivity contribution < 1.29 is 38.5 Å². The van der Waals surface area contributed by atoms with E-state index in [0.29, 0.717) is 25.1 Å². The van der Waals surface area contributed by atoms with Crippen molar-refractivity contribution in [1.29, 1.82) is 0 Å². The highest BCUT2D eigenvalue weighted by molar-refractivity contribution is 6.23. The molecule has 0 saturated carbocycles. The van der Waals surface area contributed by atoms with E-state index in [4.69, 9.17) is 19.9 Å². The van der Waals surface area contributed by atoms with Crippen LogP contribution in [0.15, 0.2) is 58.5 Å². The number of halogens is 1. The van der Waals surface area contributed by atoms with Gasteiger partial charge in [-0.05, 0) is 52.3 Å². The summed E-state index contributed by atoms with van der Waals surface area (Å²) in [5.41, 5.74) is 6.55. The molecular weight excluding hydrogens is 604 g/mol. The second-order valence-corrected chi connectivity index (χ2v) is 11.7. The van der Waals surface area contributed by atoms with E-state index in [2.05, 4.69) is 10.6 Å². The molecule has 0 fully saturated rings. The van der Waals surface area contributed by atoms with Crippen LogP contribution in [0.4, 0.5) is 4.79 Å². The number of fused-ring (bicyclic) bond motifs is 2. The number of rotatable bonds is 7. The van der Waals surface area contributed by atoms with Crippen LogP contribution in [0.25, 0.3) is 0 Å². The third-order valence-electron chi connectivity index (χ3n) is 7.65. The topological polar surface area (TPSA) is 170 Å². The molecule has 1 aliphatic carbocycles. The summed E-state index contributed by atoms with van der Waals surface area (Å²) in [5.74, 6) is -2.06. The van der Waals surface area contributed by atoms with Gasteiger partial charge in [-0.25, -0.2) is 4.79 Å². The van der Waals surface area contributed by atoms with Gasteiger partial charge in [-0.1, -0.05) is 38.2 Å². The van der Waals surface area contributed by atoms with Gasteiger partial charge in [0.05, 0.1) is 23.6 Å². The molecule has 2 rings (SSSR count). The lowest BCUT2D eigenvalue weighted by Gasteiger charge is -2.30.